The summed E-state index contributed by atoms with van der Waals surface area (Å²) in [5.41, 5.74) is 1.83. The van der Waals surface area contributed by atoms with Crippen molar-refractivity contribution >= 4 is 27.9 Å². The second-order valence-corrected chi connectivity index (χ2v) is 8.81. The third-order valence-electron chi connectivity index (χ3n) is 4.42. The van der Waals surface area contributed by atoms with Crippen LogP contribution < -0.4 is 0 Å². The summed E-state index contributed by atoms with van der Waals surface area (Å²) in [6.45, 7) is 11.2. The predicted molar refractivity (Wildman–Crippen MR) is 106 cm³/mol. The third-order valence-corrected chi connectivity index (χ3v) is 5.16. The fourth-order valence-electron chi connectivity index (χ4n) is 3.03. The molecule has 0 aromatic heterocycles. The van der Waals surface area contributed by atoms with Crippen LogP contribution in [0.4, 0.5) is 4.79 Å². The highest BCUT2D eigenvalue weighted by Gasteiger charge is 2.32. The number of rotatable bonds is 3. The molecule has 1 aliphatic heterocycles. The van der Waals surface area contributed by atoms with Gasteiger partial charge < -0.3 is 14.5 Å². The summed E-state index contributed by atoms with van der Waals surface area (Å²) in [6.07, 6.45) is 0.877. The van der Waals surface area contributed by atoms with Gasteiger partial charge in [0.15, 0.2) is 0 Å². The molecule has 0 N–H and O–H groups in total. The summed E-state index contributed by atoms with van der Waals surface area (Å²) in [4.78, 5) is 28.4. The zero-order valence-electron chi connectivity index (χ0n) is 16.3. The zero-order valence-corrected chi connectivity index (χ0v) is 17.9. The lowest BCUT2D eigenvalue weighted by atomic mass is 10.1. The molecule has 0 saturated carbocycles. The van der Waals surface area contributed by atoms with Gasteiger partial charge in [0.2, 0.25) is 5.91 Å². The van der Waals surface area contributed by atoms with Crippen LogP contribution in [0.2, 0.25) is 0 Å². The van der Waals surface area contributed by atoms with Gasteiger partial charge in [-0.2, -0.15) is 0 Å². The summed E-state index contributed by atoms with van der Waals surface area (Å²) in [7, 11) is 0. The van der Waals surface area contributed by atoms with Crippen molar-refractivity contribution in [3.8, 4) is 0 Å². The molecule has 1 aliphatic rings. The lowest BCUT2D eigenvalue weighted by Crippen LogP contribution is -2.56. The maximum Gasteiger partial charge on any atom is 0.410 e. The Bertz CT molecular complexity index is 670. The van der Waals surface area contributed by atoms with Crippen molar-refractivity contribution in [1.29, 1.82) is 0 Å². The highest BCUT2D eigenvalue weighted by atomic mass is 79.9. The first kappa shape index (κ1) is 20.7. The lowest BCUT2D eigenvalue weighted by molar-refractivity contribution is -0.134. The van der Waals surface area contributed by atoms with Crippen molar-refractivity contribution in [2.45, 2.75) is 59.1 Å². The van der Waals surface area contributed by atoms with Crippen LogP contribution in [0.15, 0.2) is 22.7 Å². The molecule has 0 bridgehead atoms. The van der Waals surface area contributed by atoms with Gasteiger partial charge in [-0.15, -0.1) is 0 Å². The number of carbonyl (C=O) groups is 2. The molecule has 0 aliphatic carbocycles. The number of piperazine rings is 1. The fraction of sp³-hybridized carbons (Fsp3) is 0.600. The Morgan fingerprint density at radius 1 is 1.27 bits per heavy atom. The number of aryl methyl sites for hydroxylation is 2. The molecule has 2 amide bonds. The van der Waals surface area contributed by atoms with E-state index in [4.69, 9.17) is 4.74 Å². The predicted octanol–water partition coefficient (Wildman–Crippen LogP) is 4.16. The van der Waals surface area contributed by atoms with E-state index in [2.05, 4.69) is 34.1 Å². The van der Waals surface area contributed by atoms with E-state index in [0.717, 1.165) is 10.0 Å². The molecule has 0 spiro atoms. The summed E-state index contributed by atoms with van der Waals surface area (Å²) in [6, 6.07) is 6.15. The van der Waals surface area contributed by atoms with Crippen molar-refractivity contribution in [1.82, 2.24) is 9.80 Å². The van der Waals surface area contributed by atoms with Crippen molar-refractivity contribution in [3.63, 3.8) is 0 Å². The first-order valence-corrected chi connectivity index (χ1v) is 9.88. The van der Waals surface area contributed by atoms with Crippen molar-refractivity contribution in [2.75, 3.05) is 19.6 Å². The molecule has 26 heavy (non-hydrogen) atoms. The second-order valence-electron chi connectivity index (χ2n) is 7.96. The van der Waals surface area contributed by atoms with Crippen LogP contribution in [0.5, 0.6) is 0 Å². The maximum atomic E-state index is 12.6. The average Bonchev–Trinajstić information content (AvgIpc) is 2.51. The van der Waals surface area contributed by atoms with Crippen LogP contribution in [-0.2, 0) is 16.0 Å². The van der Waals surface area contributed by atoms with Crippen molar-refractivity contribution < 1.29 is 14.3 Å². The number of benzene rings is 1. The Morgan fingerprint density at radius 2 is 1.96 bits per heavy atom. The Kier molecular flexibility index (Phi) is 6.72. The van der Waals surface area contributed by atoms with Gasteiger partial charge in [-0.05, 0) is 58.2 Å². The minimum absolute atomic E-state index is 0.0475. The van der Waals surface area contributed by atoms with Crippen molar-refractivity contribution in [2.24, 2.45) is 0 Å². The normalized spacial score (nSPS) is 18.0. The summed E-state index contributed by atoms with van der Waals surface area (Å²) in [5.74, 6) is 0.133. The number of halogens is 1. The largest absolute Gasteiger partial charge is 0.444 e. The lowest BCUT2D eigenvalue weighted by Gasteiger charge is -2.40. The molecular formula is C20H29BrN2O3. The van der Waals surface area contributed by atoms with Crippen LogP contribution in [0.3, 0.4) is 0 Å². The van der Waals surface area contributed by atoms with Crippen LogP contribution in [0.1, 0.15) is 45.2 Å². The molecule has 1 saturated heterocycles. The highest BCUT2D eigenvalue weighted by molar-refractivity contribution is 9.10. The molecule has 1 fully saturated rings. The third kappa shape index (κ3) is 5.73. The van der Waals surface area contributed by atoms with E-state index in [0.29, 0.717) is 32.5 Å². The molecule has 1 aromatic rings. The fourth-order valence-corrected chi connectivity index (χ4v) is 3.72. The zero-order chi connectivity index (χ0) is 19.5. The molecule has 0 radical (unpaired) electrons. The molecule has 2 rings (SSSR count). The van der Waals surface area contributed by atoms with E-state index >= 15 is 0 Å². The molecule has 5 nitrogen and oxygen atoms in total. The second kappa shape index (κ2) is 8.42. The van der Waals surface area contributed by atoms with Gasteiger partial charge in [0.25, 0.3) is 0 Å². The Labute approximate surface area is 164 Å². The molecule has 1 heterocycles. The Hall–Kier alpha value is -1.56. The number of hydrogen-bond donors (Lipinski definition) is 0. The minimum Gasteiger partial charge on any atom is -0.444 e. The first-order valence-electron chi connectivity index (χ1n) is 9.09. The standard InChI is InChI=1S/C20H29BrN2O3/c1-14-6-7-16(17(21)12-14)8-9-18(24)22-10-11-23(15(2)13-22)19(25)26-20(3,4)5/h6-7,12,15H,8-11,13H2,1-5H3. The number of nitrogens with zero attached hydrogens (tertiary/aromatic N) is 2. The van der Waals surface area contributed by atoms with Gasteiger partial charge in [-0.3, -0.25) is 4.79 Å². The number of ether oxygens (including phenoxy) is 1. The van der Waals surface area contributed by atoms with E-state index in [-0.39, 0.29) is 18.0 Å². The van der Waals surface area contributed by atoms with Crippen LogP contribution in [0, 0.1) is 6.92 Å². The van der Waals surface area contributed by atoms with Gasteiger partial charge in [-0.1, -0.05) is 28.1 Å². The van der Waals surface area contributed by atoms with E-state index < -0.39 is 5.60 Å². The monoisotopic (exact) mass is 424 g/mol. The Balaban J connectivity index is 1.87. The first-order chi connectivity index (χ1) is 12.1. The quantitative estimate of drug-likeness (QED) is 0.731. The minimum atomic E-state index is -0.509. The topological polar surface area (TPSA) is 49.9 Å². The van der Waals surface area contributed by atoms with Crippen LogP contribution in [0.25, 0.3) is 0 Å². The molecule has 1 unspecified atom stereocenters. The van der Waals surface area contributed by atoms with Gasteiger partial charge >= 0.3 is 6.09 Å². The number of hydrogen-bond acceptors (Lipinski definition) is 3. The molecule has 1 atom stereocenters. The van der Waals surface area contributed by atoms with Gasteiger partial charge in [0, 0.05) is 36.6 Å². The van der Waals surface area contributed by atoms with Gasteiger partial charge in [-0.25, -0.2) is 4.79 Å². The van der Waals surface area contributed by atoms with E-state index in [1.165, 1.54) is 5.56 Å². The smallest absolute Gasteiger partial charge is 0.410 e. The summed E-state index contributed by atoms with van der Waals surface area (Å²) < 4.78 is 6.50. The van der Waals surface area contributed by atoms with Crippen LogP contribution in [-0.4, -0.2) is 53.1 Å². The molecule has 144 valence electrons. The molecule has 1 aromatic carbocycles. The SMILES string of the molecule is Cc1ccc(CCC(=O)N2CCN(C(=O)OC(C)(C)C)C(C)C2)c(Br)c1. The average molecular weight is 425 g/mol. The number of amides is 2. The van der Waals surface area contributed by atoms with E-state index in [1.807, 2.05) is 39.5 Å². The molecule has 6 heteroatoms. The van der Waals surface area contributed by atoms with Gasteiger partial charge in [0.05, 0.1) is 0 Å². The summed E-state index contributed by atoms with van der Waals surface area (Å²) >= 11 is 3.57. The van der Waals surface area contributed by atoms with Gasteiger partial charge in [0.1, 0.15) is 5.60 Å². The summed E-state index contributed by atoms with van der Waals surface area (Å²) in [5, 5.41) is 0. The van der Waals surface area contributed by atoms with E-state index in [1.54, 1.807) is 4.90 Å². The Morgan fingerprint density at radius 3 is 2.54 bits per heavy atom. The maximum absolute atomic E-state index is 12.6. The number of carbonyl (C=O) groups excluding carboxylic acids is 2. The highest BCUT2D eigenvalue weighted by Crippen LogP contribution is 2.21. The molecular weight excluding hydrogens is 396 g/mol. The van der Waals surface area contributed by atoms with E-state index in [9.17, 15) is 9.59 Å². The van der Waals surface area contributed by atoms with Crippen LogP contribution >= 0.6 is 15.9 Å². The van der Waals surface area contributed by atoms with Crippen molar-refractivity contribution in [3.05, 3.63) is 33.8 Å².